The molecule has 0 saturated carbocycles. The van der Waals surface area contributed by atoms with Crippen LogP contribution in [0.15, 0.2) is 18.2 Å². The molecule has 1 aromatic heterocycles. The summed E-state index contributed by atoms with van der Waals surface area (Å²) in [6.07, 6.45) is 0.557. The summed E-state index contributed by atoms with van der Waals surface area (Å²) in [5.74, 6) is -0.184. The van der Waals surface area contributed by atoms with Gasteiger partial charge in [0.2, 0.25) is 5.91 Å². The van der Waals surface area contributed by atoms with Crippen molar-refractivity contribution in [3.8, 4) is 5.75 Å². The molecule has 0 aliphatic rings. The van der Waals surface area contributed by atoms with E-state index in [0.29, 0.717) is 46.1 Å². The predicted octanol–water partition coefficient (Wildman–Crippen LogP) is 3.31. The third-order valence-electron chi connectivity index (χ3n) is 3.99. The second-order valence-electron chi connectivity index (χ2n) is 5.94. The summed E-state index contributed by atoms with van der Waals surface area (Å²) in [7, 11) is 1.50. The molecule has 0 spiro atoms. The average Bonchev–Trinajstić information content (AvgIpc) is 2.91. The summed E-state index contributed by atoms with van der Waals surface area (Å²) in [6.45, 7) is 6.55. The first-order valence-corrected chi connectivity index (χ1v) is 8.27. The second kappa shape index (κ2) is 7.86. The zero-order valence-electron chi connectivity index (χ0n) is 15.6. The van der Waals surface area contributed by atoms with Crippen LogP contribution in [0, 0.1) is 6.92 Å². The van der Waals surface area contributed by atoms with Crippen LogP contribution in [0.5, 0.6) is 5.75 Å². The van der Waals surface area contributed by atoms with Crippen molar-refractivity contribution in [2.45, 2.75) is 34.1 Å². The molecule has 0 radical (unpaired) electrons. The minimum atomic E-state index is -0.351. The van der Waals surface area contributed by atoms with Crippen LogP contribution in [0.2, 0.25) is 0 Å². The molecule has 138 valence electrons. The summed E-state index contributed by atoms with van der Waals surface area (Å²) in [4.78, 5) is 38.9. The number of ether oxygens (including phenoxy) is 1. The van der Waals surface area contributed by atoms with Gasteiger partial charge >= 0.3 is 0 Å². The number of H-pyrrole nitrogens is 1. The molecule has 0 aliphatic carbocycles. The van der Waals surface area contributed by atoms with E-state index in [1.165, 1.54) is 21.0 Å². The van der Waals surface area contributed by atoms with E-state index in [4.69, 9.17) is 4.74 Å². The zero-order valence-corrected chi connectivity index (χ0v) is 15.6. The first-order chi connectivity index (χ1) is 12.3. The van der Waals surface area contributed by atoms with Crippen LogP contribution in [-0.2, 0) is 11.2 Å². The van der Waals surface area contributed by atoms with Gasteiger partial charge in [0.1, 0.15) is 11.4 Å². The molecule has 1 heterocycles. The van der Waals surface area contributed by atoms with Crippen molar-refractivity contribution >= 4 is 29.0 Å². The summed E-state index contributed by atoms with van der Waals surface area (Å²) < 4.78 is 5.20. The van der Waals surface area contributed by atoms with E-state index in [9.17, 15) is 14.4 Å². The third-order valence-corrected chi connectivity index (χ3v) is 3.99. The molecule has 2 rings (SSSR count). The first-order valence-electron chi connectivity index (χ1n) is 8.27. The van der Waals surface area contributed by atoms with E-state index >= 15 is 0 Å². The van der Waals surface area contributed by atoms with Crippen LogP contribution in [0.25, 0.3) is 0 Å². The molecule has 0 bridgehead atoms. The molecule has 3 N–H and O–H groups in total. The normalized spacial score (nSPS) is 10.3. The number of nitrogens with one attached hydrogen (secondary N) is 3. The smallest absolute Gasteiger partial charge is 0.272 e. The Morgan fingerprint density at radius 2 is 1.85 bits per heavy atom. The van der Waals surface area contributed by atoms with Crippen molar-refractivity contribution in [2.24, 2.45) is 0 Å². The van der Waals surface area contributed by atoms with E-state index in [2.05, 4.69) is 15.6 Å². The van der Waals surface area contributed by atoms with Gasteiger partial charge in [-0.1, -0.05) is 6.92 Å². The molecule has 7 nitrogen and oxygen atoms in total. The summed E-state index contributed by atoms with van der Waals surface area (Å²) in [5, 5.41) is 5.45. The van der Waals surface area contributed by atoms with E-state index in [0.717, 1.165) is 0 Å². The van der Waals surface area contributed by atoms with Gasteiger partial charge in [-0.05, 0) is 44.0 Å². The number of benzene rings is 1. The maximum Gasteiger partial charge on any atom is 0.272 e. The number of hydrogen-bond acceptors (Lipinski definition) is 4. The predicted molar refractivity (Wildman–Crippen MR) is 100 cm³/mol. The van der Waals surface area contributed by atoms with Gasteiger partial charge in [-0.3, -0.25) is 14.4 Å². The molecule has 1 aromatic carbocycles. The van der Waals surface area contributed by atoms with Crippen LogP contribution in [0.4, 0.5) is 11.4 Å². The topological polar surface area (TPSA) is 100 Å². The fourth-order valence-corrected chi connectivity index (χ4v) is 2.97. The molecular weight excluding hydrogens is 334 g/mol. The number of aromatic nitrogens is 1. The summed E-state index contributed by atoms with van der Waals surface area (Å²) in [5.41, 5.74) is 3.26. The van der Waals surface area contributed by atoms with Gasteiger partial charge in [0, 0.05) is 23.9 Å². The molecule has 2 aromatic rings. The first kappa shape index (κ1) is 19.2. The Kier molecular flexibility index (Phi) is 5.82. The maximum atomic E-state index is 12.7. The van der Waals surface area contributed by atoms with Gasteiger partial charge in [0.05, 0.1) is 12.8 Å². The fourth-order valence-electron chi connectivity index (χ4n) is 2.97. The van der Waals surface area contributed by atoms with E-state index in [-0.39, 0.29) is 17.6 Å². The summed E-state index contributed by atoms with van der Waals surface area (Å²) >= 11 is 0. The van der Waals surface area contributed by atoms with Crippen LogP contribution in [0.1, 0.15) is 52.9 Å². The van der Waals surface area contributed by atoms with Crippen LogP contribution >= 0.6 is 0 Å². The number of Topliss-reactive ketones (excluding diaryl/α,β-unsaturated/α-hetero) is 1. The van der Waals surface area contributed by atoms with E-state index in [1.54, 1.807) is 25.1 Å². The van der Waals surface area contributed by atoms with Gasteiger partial charge in [-0.25, -0.2) is 0 Å². The van der Waals surface area contributed by atoms with Gasteiger partial charge in [0.15, 0.2) is 5.78 Å². The van der Waals surface area contributed by atoms with Crippen molar-refractivity contribution in [1.82, 2.24) is 4.98 Å². The molecule has 0 unspecified atom stereocenters. The quantitative estimate of drug-likeness (QED) is 0.691. The Hall–Kier alpha value is -3.09. The van der Waals surface area contributed by atoms with Crippen molar-refractivity contribution in [3.63, 3.8) is 0 Å². The van der Waals surface area contributed by atoms with E-state index < -0.39 is 0 Å². The number of hydrogen-bond donors (Lipinski definition) is 3. The highest BCUT2D eigenvalue weighted by Gasteiger charge is 2.21. The molecule has 2 amide bonds. The zero-order chi connectivity index (χ0) is 19.4. The van der Waals surface area contributed by atoms with Gasteiger partial charge in [-0.15, -0.1) is 0 Å². The minimum absolute atomic E-state index is 0.0768. The number of methoxy groups -OCH3 is 1. The van der Waals surface area contributed by atoms with Crippen molar-refractivity contribution < 1.29 is 19.1 Å². The van der Waals surface area contributed by atoms with Crippen molar-refractivity contribution in [3.05, 3.63) is 40.7 Å². The molecule has 7 heteroatoms. The highest BCUT2D eigenvalue weighted by atomic mass is 16.5. The number of amides is 2. The lowest BCUT2D eigenvalue weighted by Crippen LogP contribution is -2.15. The van der Waals surface area contributed by atoms with E-state index in [1.807, 2.05) is 6.92 Å². The van der Waals surface area contributed by atoms with Crippen LogP contribution in [0.3, 0.4) is 0 Å². The highest BCUT2D eigenvalue weighted by molar-refractivity contribution is 6.08. The molecular formula is C19H23N3O4. The third kappa shape index (κ3) is 3.93. The molecule has 0 atom stereocenters. The van der Waals surface area contributed by atoms with Crippen LogP contribution < -0.4 is 15.4 Å². The second-order valence-corrected chi connectivity index (χ2v) is 5.94. The molecule has 26 heavy (non-hydrogen) atoms. The van der Waals surface area contributed by atoms with Gasteiger partial charge in [0.25, 0.3) is 5.91 Å². The number of aryl methyl sites for hydroxylation is 1. The molecule has 0 saturated heterocycles. The Balaban J connectivity index is 2.35. The number of rotatable bonds is 6. The largest absolute Gasteiger partial charge is 0.495 e. The standard InChI is InChI=1S/C19H23N3O4/c1-6-14-17(11(3)23)10(2)20-18(14)19(25)22-13-7-8-16(26-5)15(9-13)21-12(4)24/h7-9,20H,6H2,1-5H3,(H,21,24)(H,22,25). The van der Waals surface area contributed by atoms with Crippen LogP contribution in [-0.4, -0.2) is 29.7 Å². The Bertz CT molecular complexity index is 868. The summed E-state index contributed by atoms with van der Waals surface area (Å²) in [6, 6.07) is 4.95. The molecule has 0 fully saturated rings. The fraction of sp³-hybridized carbons (Fsp3) is 0.316. The van der Waals surface area contributed by atoms with Gasteiger partial charge < -0.3 is 20.4 Å². The number of carbonyl (C=O) groups excluding carboxylic acids is 3. The van der Waals surface area contributed by atoms with Crippen molar-refractivity contribution in [2.75, 3.05) is 17.7 Å². The monoisotopic (exact) mass is 357 g/mol. The Labute approximate surface area is 152 Å². The maximum absolute atomic E-state index is 12.7. The number of carbonyl (C=O) groups is 3. The molecule has 0 aliphatic heterocycles. The number of aromatic amines is 1. The Morgan fingerprint density at radius 3 is 2.38 bits per heavy atom. The number of anilines is 2. The van der Waals surface area contributed by atoms with Crippen molar-refractivity contribution in [1.29, 1.82) is 0 Å². The SMILES string of the molecule is CCc1c(C(=O)Nc2ccc(OC)c(NC(C)=O)c2)[nH]c(C)c1C(C)=O. The average molecular weight is 357 g/mol. The lowest BCUT2D eigenvalue weighted by molar-refractivity contribution is -0.114. The minimum Gasteiger partial charge on any atom is -0.495 e. The Morgan fingerprint density at radius 1 is 1.15 bits per heavy atom. The highest BCUT2D eigenvalue weighted by Crippen LogP contribution is 2.28. The lowest BCUT2D eigenvalue weighted by Gasteiger charge is -2.12. The lowest BCUT2D eigenvalue weighted by atomic mass is 10.0. The van der Waals surface area contributed by atoms with Gasteiger partial charge in [-0.2, -0.15) is 0 Å². The number of ketones is 1.